The third-order valence-electron chi connectivity index (χ3n) is 2.76. The van der Waals surface area contributed by atoms with Crippen LogP contribution in [0.25, 0.3) is 0 Å². The van der Waals surface area contributed by atoms with E-state index in [1.54, 1.807) is 0 Å². The molecule has 18 heavy (non-hydrogen) atoms. The molecule has 0 saturated heterocycles. The molecule has 2 aromatic rings. The summed E-state index contributed by atoms with van der Waals surface area (Å²) in [5, 5.41) is 5.52. The molecule has 1 N–H and O–H groups in total. The number of benzene rings is 1. The molecule has 3 heteroatoms. The Bertz CT molecular complexity index is 453. The van der Waals surface area contributed by atoms with Gasteiger partial charge < -0.3 is 10.1 Å². The highest BCUT2D eigenvalue weighted by Gasteiger charge is 1.97. The van der Waals surface area contributed by atoms with Gasteiger partial charge in [-0.25, -0.2) is 0 Å². The van der Waals surface area contributed by atoms with Gasteiger partial charge in [-0.3, -0.25) is 0 Å². The van der Waals surface area contributed by atoms with Crippen molar-refractivity contribution in [3.8, 4) is 5.75 Å². The van der Waals surface area contributed by atoms with Gasteiger partial charge in [0.1, 0.15) is 12.4 Å². The van der Waals surface area contributed by atoms with E-state index in [9.17, 15) is 0 Å². The van der Waals surface area contributed by atoms with Crippen LogP contribution in [-0.2, 0) is 6.42 Å². The van der Waals surface area contributed by atoms with Gasteiger partial charge in [0.25, 0.3) is 0 Å². The lowest BCUT2D eigenvalue weighted by atomic mass is 10.2. The lowest BCUT2D eigenvalue weighted by Gasteiger charge is -2.09. The predicted octanol–water partition coefficient (Wildman–Crippen LogP) is 3.27. The first-order valence-electron chi connectivity index (χ1n) is 6.28. The Morgan fingerprint density at radius 3 is 2.78 bits per heavy atom. The molecule has 0 aliphatic rings. The molecular formula is C15H19NOS. The van der Waals surface area contributed by atoms with Crippen molar-refractivity contribution in [2.45, 2.75) is 13.3 Å². The number of hydrogen-bond acceptors (Lipinski definition) is 3. The molecule has 0 bridgehead atoms. The Balaban J connectivity index is 1.58. The van der Waals surface area contributed by atoms with E-state index in [1.165, 1.54) is 10.4 Å². The zero-order valence-electron chi connectivity index (χ0n) is 10.7. The largest absolute Gasteiger partial charge is 0.492 e. The third-order valence-corrected chi connectivity index (χ3v) is 3.69. The standard InChI is InChI=1S/C15H19NOS/c1-13-5-2-3-7-15(13)17-11-10-16-9-8-14-6-4-12-18-14/h2-7,12,16H,8-11H2,1H3. The second kappa shape index (κ2) is 7.19. The predicted molar refractivity (Wildman–Crippen MR) is 77.6 cm³/mol. The Labute approximate surface area is 113 Å². The van der Waals surface area contributed by atoms with Crippen LogP contribution in [0.15, 0.2) is 41.8 Å². The highest BCUT2D eigenvalue weighted by atomic mass is 32.1. The Hall–Kier alpha value is -1.32. The third kappa shape index (κ3) is 4.17. The molecule has 0 spiro atoms. The summed E-state index contributed by atoms with van der Waals surface area (Å²) >= 11 is 1.81. The zero-order valence-corrected chi connectivity index (χ0v) is 11.5. The molecule has 0 saturated carbocycles. The van der Waals surface area contributed by atoms with Crippen molar-refractivity contribution >= 4 is 11.3 Å². The molecule has 96 valence electrons. The van der Waals surface area contributed by atoms with Crippen LogP contribution in [0.4, 0.5) is 0 Å². The molecule has 1 aromatic heterocycles. The van der Waals surface area contributed by atoms with E-state index in [0.29, 0.717) is 0 Å². The molecule has 0 atom stereocenters. The summed E-state index contributed by atoms with van der Waals surface area (Å²) in [7, 11) is 0. The fourth-order valence-electron chi connectivity index (χ4n) is 1.74. The lowest BCUT2D eigenvalue weighted by molar-refractivity contribution is 0.312. The quantitative estimate of drug-likeness (QED) is 0.772. The number of nitrogens with one attached hydrogen (secondary N) is 1. The van der Waals surface area contributed by atoms with Gasteiger partial charge in [-0.15, -0.1) is 11.3 Å². The molecule has 0 aliphatic carbocycles. The topological polar surface area (TPSA) is 21.3 Å². The Kier molecular flexibility index (Phi) is 5.24. The average molecular weight is 261 g/mol. The molecule has 0 aliphatic heterocycles. The molecule has 2 nitrogen and oxygen atoms in total. The molecule has 1 heterocycles. The normalized spacial score (nSPS) is 10.5. The first-order chi connectivity index (χ1) is 8.86. The fourth-order valence-corrected chi connectivity index (χ4v) is 2.45. The van der Waals surface area contributed by atoms with E-state index >= 15 is 0 Å². The molecule has 2 rings (SSSR count). The van der Waals surface area contributed by atoms with Crippen molar-refractivity contribution < 1.29 is 4.74 Å². The van der Waals surface area contributed by atoms with Gasteiger partial charge in [0.15, 0.2) is 0 Å². The number of hydrogen-bond donors (Lipinski definition) is 1. The fraction of sp³-hybridized carbons (Fsp3) is 0.333. The summed E-state index contributed by atoms with van der Waals surface area (Å²) in [6, 6.07) is 12.4. The highest BCUT2D eigenvalue weighted by Crippen LogP contribution is 2.15. The van der Waals surface area contributed by atoms with E-state index in [-0.39, 0.29) is 0 Å². The number of ether oxygens (including phenoxy) is 1. The van der Waals surface area contributed by atoms with Crippen LogP contribution in [0.1, 0.15) is 10.4 Å². The van der Waals surface area contributed by atoms with Gasteiger partial charge in [-0.2, -0.15) is 0 Å². The van der Waals surface area contributed by atoms with Crippen molar-refractivity contribution in [1.82, 2.24) is 5.32 Å². The van der Waals surface area contributed by atoms with Crippen LogP contribution in [0.5, 0.6) is 5.75 Å². The summed E-state index contributed by atoms with van der Waals surface area (Å²) < 4.78 is 5.71. The number of aryl methyl sites for hydroxylation is 1. The van der Waals surface area contributed by atoms with Gasteiger partial charge in [0.05, 0.1) is 0 Å². The van der Waals surface area contributed by atoms with Crippen LogP contribution in [0.2, 0.25) is 0 Å². The lowest BCUT2D eigenvalue weighted by Crippen LogP contribution is -2.23. The average Bonchev–Trinajstić information content (AvgIpc) is 2.89. The van der Waals surface area contributed by atoms with Crippen LogP contribution < -0.4 is 10.1 Å². The van der Waals surface area contributed by atoms with E-state index in [0.717, 1.165) is 31.9 Å². The zero-order chi connectivity index (χ0) is 12.6. The summed E-state index contributed by atoms with van der Waals surface area (Å²) in [6.45, 7) is 4.69. The van der Waals surface area contributed by atoms with Gasteiger partial charge in [-0.05, 0) is 36.4 Å². The minimum absolute atomic E-state index is 0.718. The Morgan fingerprint density at radius 2 is 2.00 bits per heavy atom. The van der Waals surface area contributed by atoms with Gasteiger partial charge >= 0.3 is 0 Å². The molecule has 0 radical (unpaired) electrons. The first kappa shape index (κ1) is 13.1. The van der Waals surface area contributed by atoms with Crippen molar-refractivity contribution in [2.75, 3.05) is 19.7 Å². The van der Waals surface area contributed by atoms with Gasteiger partial charge in [-0.1, -0.05) is 24.3 Å². The van der Waals surface area contributed by atoms with Gasteiger partial charge in [0, 0.05) is 18.0 Å². The smallest absolute Gasteiger partial charge is 0.122 e. The first-order valence-corrected chi connectivity index (χ1v) is 7.16. The second-order valence-electron chi connectivity index (χ2n) is 4.19. The minimum atomic E-state index is 0.718. The monoisotopic (exact) mass is 261 g/mol. The minimum Gasteiger partial charge on any atom is -0.492 e. The molecule has 1 aromatic carbocycles. The summed E-state index contributed by atoms with van der Waals surface area (Å²) in [5.74, 6) is 0.984. The van der Waals surface area contributed by atoms with Crippen molar-refractivity contribution in [3.05, 3.63) is 52.2 Å². The van der Waals surface area contributed by atoms with Crippen LogP contribution in [0, 0.1) is 6.92 Å². The van der Waals surface area contributed by atoms with E-state index in [2.05, 4.69) is 35.8 Å². The van der Waals surface area contributed by atoms with Gasteiger partial charge in [0.2, 0.25) is 0 Å². The summed E-state index contributed by atoms with van der Waals surface area (Å²) in [5.41, 5.74) is 1.19. The Morgan fingerprint density at radius 1 is 1.11 bits per heavy atom. The maximum Gasteiger partial charge on any atom is 0.122 e. The SMILES string of the molecule is Cc1ccccc1OCCNCCc1cccs1. The van der Waals surface area contributed by atoms with E-state index < -0.39 is 0 Å². The van der Waals surface area contributed by atoms with Crippen molar-refractivity contribution in [1.29, 1.82) is 0 Å². The van der Waals surface area contributed by atoms with Crippen LogP contribution in [-0.4, -0.2) is 19.7 Å². The van der Waals surface area contributed by atoms with Crippen LogP contribution >= 0.6 is 11.3 Å². The highest BCUT2D eigenvalue weighted by molar-refractivity contribution is 7.09. The number of para-hydroxylation sites is 1. The maximum atomic E-state index is 5.71. The van der Waals surface area contributed by atoms with Crippen molar-refractivity contribution in [3.63, 3.8) is 0 Å². The molecule has 0 unspecified atom stereocenters. The number of thiophene rings is 1. The molecule has 0 amide bonds. The van der Waals surface area contributed by atoms with Crippen molar-refractivity contribution in [2.24, 2.45) is 0 Å². The van der Waals surface area contributed by atoms with Crippen LogP contribution in [0.3, 0.4) is 0 Å². The molecular weight excluding hydrogens is 242 g/mol. The maximum absolute atomic E-state index is 5.71. The number of rotatable bonds is 7. The van der Waals surface area contributed by atoms with E-state index in [1.807, 2.05) is 29.5 Å². The summed E-state index contributed by atoms with van der Waals surface area (Å²) in [4.78, 5) is 1.43. The second-order valence-corrected chi connectivity index (χ2v) is 5.23. The van der Waals surface area contributed by atoms with E-state index in [4.69, 9.17) is 4.74 Å². The molecule has 0 fully saturated rings. The summed E-state index contributed by atoms with van der Waals surface area (Å²) in [6.07, 6.45) is 1.10.